The molecule has 0 aromatic heterocycles. The van der Waals surface area contributed by atoms with Gasteiger partial charge in [0.15, 0.2) is 12.1 Å². The maximum absolute atomic E-state index is 5.46. The molecule has 3 nitrogen and oxygen atoms in total. The molecule has 0 bridgehead atoms. The van der Waals surface area contributed by atoms with Gasteiger partial charge in [-0.1, -0.05) is 0 Å². The Morgan fingerprint density at radius 2 is 2.18 bits per heavy atom. The van der Waals surface area contributed by atoms with Gasteiger partial charge in [0, 0.05) is 6.61 Å². The molecule has 3 heteroatoms. The van der Waals surface area contributed by atoms with Gasteiger partial charge in [-0.3, -0.25) is 0 Å². The average Bonchev–Trinajstić information content (AvgIpc) is 2.39. The number of epoxide rings is 1. The van der Waals surface area contributed by atoms with Crippen LogP contribution >= 0.6 is 0 Å². The first-order valence-corrected chi connectivity index (χ1v) is 4.05. The van der Waals surface area contributed by atoms with Gasteiger partial charge in [-0.15, -0.1) is 0 Å². The highest BCUT2D eigenvalue weighted by Gasteiger charge is 2.51. The van der Waals surface area contributed by atoms with Crippen molar-refractivity contribution in [3.05, 3.63) is 0 Å². The predicted molar refractivity (Wildman–Crippen MR) is 41.1 cm³/mol. The van der Waals surface area contributed by atoms with E-state index in [1.54, 1.807) is 0 Å². The third-order valence-corrected chi connectivity index (χ3v) is 1.89. The Morgan fingerprint density at radius 1 is 1.64 bits per heavy atom. The van der Waals surface area contributed by atoms with Crippen LogP contribution in [0.25, 0.3) is 0 Å². The van der Waals surface area contributed by atoms with Gasteiger partial charge in [0.2, 0.25) is 0 Å². The predicted octanol–water partition coefficient (Wildman–Crippen LogP) is 1.52. The molecule has 3 atom stereocenters. The van der Waals surface area contributed by atoms with Gasteiger partial charge < -0.3 is 14.2 Å². The molecule has 0 spiro atoms. The van der Waals surface area contributed by atoms with E-state index in [0.717, 1.165) is 0 Å². The Hall–Kier alpha value is -0.120. The molecule has 0 amide bonds. The molecule has 1 saturated heterocycles. The van der Waals surface area contributed by atoms with Gasteiger partial charge >= 0.3 is 0 Å². The maximum atomic E-state index is 5.46. The van der Waals surface area contributed by atoms with Crippen molar-refractivity contribution in [2.45, 2.75) is 45.9 Å². The van der Waals surface area contributed by atoms with E-state index in [0.29, 0.717) is 6.61 Å². The molecular weight excluding hydrogens is 144 g/mol. The summed E-state index contributed by atoms with van der Waals surface area (Å²) in [6.07, 6.45) is 0.0281. The lowest BCUT2D eigenvalue weighted by Gasteiger charge is -2.15. The molecule has 1 fully saturated rings. The molecule has 0 aliphatic carbocycles. The summed E-state index contributed by atoms with van der Waals surface area (Å²) in [6, 6.07) is 0. The van der Waals surface area contributed by atoms with Crippen molar-refractivity contribution in [1.82, 2.24) is 0 Å². The Bertz CT molecular complexity index is 137. The van der Waals surface area contributed by atoms with Crippen LogP contribution in [0.5, 0.6) is 0 Å². The van der Waals surface area contributed by atoms with Gasteiger partial charge in [0.25, 0.3) is 0 Å². The van der Waals surface area contributed by atoms with Crippen LogP contribution in [0.15, 0.2) is 0 Å². The van der Waals surface area contributed by atoms with Crippen LogP contribution in [0.2, 0.25) is 0 Å². The minimum atomic E-state index is -0.394. The van der Waals surface area contributed by atoms with Crippen molar-refractivity contribution < 1.29 is 14.2 Å². The zero-order valence-corrected chi connectivity index (χ0v) is 7.59. The number of rotatable bonds is 4. The van der Waals surface area contributed by atoms with E-state index in [1.165, 1.54) is 0 Å². The van der Waals surface area contributed by atoms with Crippen molar-refractivity contribution in [2.24, 2.45) is 0 Å². The fourth-order valence-electron chi connectivity index (χ4n) is 1.04. The quantitative estimate of drug-likeness (QED) is 0.461. The molecule has 0 saturated carbocycles. The molecule has 3 unspecified atom stereocenters. The van der Waals surface area contributed by atoms with E-state index in [1.807, 2.05) is 27.7 Å². The third kappa shape index (κ3) is 2.15. The Balaban J connectivity index is 2.20. The van der Waals surface area contributed by atoms with Crippen molar-refractivity contribution in [3.63, 3.8) is 0 Å². The van der Waals surface area contributed by atoms with Crippen LogP contribution in [0.1, 0.15) is 27.7 Å². The summed E-state index contributed by atoms with van der Waals surface area (Å²) in [5.74, 6) is -0.394. The lowest BCUT2D eigenvalue weighted by molar-refractivity contribution is -0.190. The summed E-state index contributed by atoms with van der Waals surface area (Å²) in [7, 11) is 0. The summed E-state index contributed by atoms with van der Waals surface area (Å²) in [5, 5.41) is 0. The molecule has 1 rings (SSSR count). The van der Waals surface area contributed by atoms with Crippen LogP contribution in [-0.2, 0) is 14.2 Å². The summed E-state index contributed by atoms with van der Waals surface area (Å²) < 4.78 is 15.9. The highest BCUT2D eigenvalue weighted by molar-refractivity contribution is 4.86. The minimum Gasteiger partial charge on any atom is -0.353 e. The Kier molecular flexibility index (Phi) is 2.52. The van der Waals surface area contributed by atoms with Crippen molar-refractivity contribution in [3.8, 4) is 0 Å². The van der Waals surface area contributed by atoms with E-state index in [2.05, 4.69) is 0 Å². The molecule has 1 heterocycles. The largest absolute Gasteiger partial charge is 0.353 e. The zero-order chi connectivity index (χ0) is 8.48. The second kappa shape index (κ2) is 3.09. The lowest BCUT2D eigenvalue weighted by Crippen LogP contribution is -2.23. The average molecular weight is 160 g/mol. The first-order valence-electron chi connectivity index (χ1n) is 4.05. The third-order valence-electron chi connectivity index (χ3n) is 1.89. The summed E-state index contributed by atoms with van der Waals surface area (Å²) in [4.78, 5) is 0. The SMILES string of the molecule is CCOC(C)OC1(C)OC1C. The number of ether oxygens (including phenoxy) is 3. The van der Waals surface area contributed by atoms with Gasteiger partial charge in [-0.25, -0.2) is 0 Å². The smallest absolute Gasteiger partial charge is 0.195 e. The highest BCUT2D eigenvalue weighted by atomic mass is 16.8. The molecular formula is C8H16O3. The molecule has 1 aliphatic heterocycles. The second-order valence-corrected chi connectivity index (χ2v) is 2.92. The van der Waals surface area contributed by atoms with Crippen LogP contribution in [0, 0.1) is 0 Å². The van der Waals surface area contributed by atoms with E-state index >= 15 is 0 Å². The lowest BCUT2D eigenvalue weighted by atomic mass is 10.3. The molecule has 0 aromatic rings. The fourth-order valence-corrected chi connectivity index (χ4v) is 1.04. The van der Waals surface area contributed by atoms with E-state index in [4.69, 9.17) is 14.2 Å². The van der Waals surface area contributed by atoms with Crippen molar-refractivity contribution in [2.75, 3.05) is 6.61 Å². The second-order valence-electron chi connectivity index (χ2n) is 2.92. The molecule has 66 valence electrons. The minimum absolute atomic E-state index is 0.171. The molecule has 0 N–H and O–H groups in total. The van der Waals surface area contributed by atoms with Crippen LogP contribution in [0.3, 0.4) is 0 Å². The van der Waals surface area contributed by atoms with E-state index in [9.17, 15) is 0 Å². The first-order chi connectivity index (χ1) is 5.08. The van der Waals surface area contributed by atoms with Gasteiger partial charge in [0.1, 0.15) is 6.10 Å². The molecule has 1 aliphatic rings. The van der Waals surface area contributed by atoms with Gasteiger partial charge in [-0.2, -0.15) is 0 Å². The normalized spacial score (nSPS) is 38.7. The van der Waals surface area contributed by atoms with Crippen molar-refractivity contribution >= 4 is 0 Å². The Labute approximate surface area is 67.6 Å². The highest BCUT2D eigenvalue weighted by Crippen LogP contribution is 2.37. The van der Waals surface area contributed by atoms with Gasteiger partial charge in [0.05, 0.1) is 0 Å². The van der Waals surface area contributed by atoms with Gasteiger partial charge in [-0.05, 0) is 27.7 Å². The Morgan fingerprint density at radius 3 is 2.55 bits per heavy atom. The maximum Gasteiger partial charge on any atom is 0.195 e. The zero-order valence-electron chi connectivity index (χ0n) is 7.59. The van der Waals surface area contributed by atoms with Crippen LogP contribution in [0.4, 0.5) is 0 Å². The summed E-state index contributed by atoms with van der Waals surface area (Å²) in [6.45, 7) is 8.40. The number of hydrogen-bond donors (Lipinski definition) is 0. The van der Waals surface area contributed by atoms with E-state index in [-0.39, 0.29) is 12.4 Å². The van der Waals surface area contributed by atoms with E-state index < -0.39 is 5.79 Å². The molecule has 0 aromatic carbocycles. The summed E-state index contributed by atoms with van der Waals surface area (Å²) in [5.41, 5.74) is 0. The van der Waals surface area contributed by atoms with Crippen LogP contribution < -0.4 is 0 Å². The number of hydrogen-bond acceptors (Lipinski definition) is 3. The van der Waals surface area contributed by atoms with Crippen molar-refractivity contribution in [1.29, 1.82) is 0 Å². The topological polar surface area (TPSA) is 31.0 Å². The first kappa shape index (κ1) is 8.97. The molecule has 0 radical (unpaired) electrons. The van der Waals surface area contributed by atoms with Crippen LogP contribution in [-0.4, -0.2) is 24.8 Å². The molecule has 11 heavy (non-hydrogen) atoms. The monoisotopic (exact) mass is 160 g/mol. The fraction of sp³-hybridized carbons (Fsp3) is 1.00. The summed E-state index contributed by atoms with van der Waals surface area (Å²) >= 11 is 0. The standard InChI is InChI=1S/C8H16O3/c1-5-9-7(3)11-8(4)6(2)10-8/h6-7H,5H2,1-4H3.